The number of ether oxygens (including phenoxy) is 2. The maximum absolute atomic E-state index is 9.92. The van der Waals surface area contributed by atoms with Crippen molar-refractivity contribution in [3.05, 3.63) is 83.4 Å². The van der Waals surface area contributed by atoms with E-state index in [1.165, 1.54) is 11.1 Å². The van der Waals surface area contributed by atoms with Gasteiger partial charge in [-0.05, 0) is 29.3 Å². The van der Waals surface area contributed by atoms with Crippen LogP contribution in [0.5, 0.6) is 17.2 Å². The molecule has 0 aliphatic carbocycles. The molecule has 2 aliphatic rings. The van der Waals surface area contributed by atoms with E-state index in [0.717, 1.165) is 35.9 Å². The topological polar surface area (TPSA) is 41.9 Å². The van der Waals surface area contributed by atoms with Gasteiger partial charge >= 0.3 is 0 Å². The van der Waals surface area contributed by atoms with Crippen molar-refractivity contribution in [3.8, 4) is 17.2 Å². The third kappa shape index (κ3) is 2.85. The first-order valence-corrected chi connectivity index (χ1v) is 9.69. The van der Waals surface area contributed by atoms with Crippen LogP contribution in [0.2, 0.25) is 0 Å². The van der Waals surface area contributed by atoms with Crippen LogP contribution in [0.15, 0.2) is 66.7 Å². The minimum absolute atomic E-state index is 0.146. The van der Waals surface area contributed by atoms with Gasteiger partial charge in [0.25, 0.3) is 0 Å². The van der Waals surface area contributed by atoms with Gasteiger partial charge in [-0.3, -0.25) is 0 Å². The van der Waals surface area contributed by atoms with Crippen LogP contribution < -0.4 is 14.4 Å². The van der Waals surface area contributed by atoms with Crippen LogP contribution in [0.1, 0.15) is 28.5 Å². The Bertz CT molecular complexity index is 1000. The van der Waals surface area contributed by atoms with Gasteiger partial charge in [0.2, 0.25) is 0 Å². The monoisotopic (exact) mass is 373 g/mol. The van der Waals surface area contributed by atoms with Crippen molar-refractivity contribution in [2.75, 3.05) is 31.7 Å². The Morgan fingerprint density at radius 1 is 0.893 bits per heavy atom. The molecule has 3 aromatic carbocycles. The predicted molar refractivity (Wildman–Crippen MR) is 110 cm³/mol. The maximum Gasteiger partial charge on any atom is 0.142 e. The van der Waals surface area contributed by atoms with E-state index in [0.29, 0.717) is 6.61 Å². The smallest absolute Gasteiger partial charge is 0.142 e. The molecule has 0 saturated carbocycles. The van der Waals surface area contributed by atoms with Crippen LogP contribution in [0.4, 0.5) is 5.69 Å². The summed E-state index contributed by atoms with van der Waals surface area (Å²) >= 11 is 0. The molecule has 0 aromatic heterocycles. The molecular formula is C24H23NO3. The van der Waals surface area contributed by atoms with Crippen LogP contribution in [0.3, 0.4) is 0 Å². The number of hydrogen-bond donors (Lipinski definition) is 1. The fourth-order valence-corrected chi connectivity index (χ4v) is 4.36. The second-order valence-electron chi connectivity index (χ2n) is 7.53. The molecule has 2 heterocycles. The molecule has 0 saturated heterocycles. The summed E-state index contributed by atoms with van der Waals surface area (Å²) in [5, 5.41) is 9.92. The first-order chi connectivity index (χ1) is 13.7. The van der Waals surface area contributed by atoms with Gasteiger partial charge in [-0.1, -0.05) is 42.5 Å². The zero-order valence-corrected chi connectivity index (χ0v) is 15.8. The Kier molecular flexibility index (Phi) is 4.12. The minimum atomic E-state index is 0.146. The Labute approximate surface area is 165 Å². The van der Waals surface area contributed by atoms with Crippen molar-refractivity contribution in [3.63, 3.8) is 0 Å². The number of likely N-dealkylation sites (N-methyl/N-ethyl adjacent to an activating group) is 1. The average molecular weight is 373 g/mol. The number of rotatable bonds is 2. The first-order valence-electron chi connectivity index (χ1n) is 9.69. The zero-order chi connectivity index (χ0) is 19.1. The van der Waals surface area contributed by atoms with Crippen molar-refractivity contribution >= 4 is 5.69 Å². The van der Waals surface area contributed by atoms with Crippen LogP contribution in [-0.4, -0.2) is 31.9 Å². The van der Waals surface area contributed by atoms with Gasteiger partial charge in [0.1, 0.15) is 23.9 Å². The van der Waals surface area contributed by atoms with E-state index in [2.05, 4.69) is 54.4 Å². The SMILES string of the molecule is CN1CCOc2ccc([C@H]3c4ccc(O)cc4OC[C@@H]3c3ccccc3)cc21. The summed E-state index contributed by atoms with van der Waals surface area (Å²) in [7, 11) is 2.11. The van der Waals surface area contributed by atoms with Crippen LogP contribution in [0, 0.1) is 0 Å². The van der Waals surface area contributed by atoms with Crippen molar-refractivity contribution in [1.29, 1.82) is 0 Å². The summed E-state index contributed by atoms with van der Waals surface area (Å²) in [6.45, 7) is 2.18. The van der Waals surface area contributed by atoms with E-state index in [9.17, 15) is 5.11 Å². The summed E-state index contributed by atoms with van der Waals surface area (Å²) in [5.41, 5.74) is 4.73. The Balaban J connectivity index is 1.66. The van der Waals surface area contributed by atoms with E-state index >= 15 is 0 Å². The third-order valence-electron chi connectivity index (χ3n) is 5.82. The molecule has 2 atom stereocenters. The number of phenols is 1. The number of aromatic hydroxyl groups is 1. The molecule has 0 amide bonds. The number of phenolic OH excluding ortho intramolecular Hbond substituents is 1. The minimum Gasteiger partial charge on any atom is -0.508 e. The van der Waals surface area contributed by atoms with Gasteiger partial charge in [-0.25, -0.2) is 0 Å². The van der Waals surface area contributed by atoms with E-state index in [1.807, 2.05) is 12.1 Å². The van der Waals surface area contributed by atoms with E-state index in [-0.39, 0.29) is 17.6 Å². The second-order valence-corrected chi connectivity index (χ2v) is 7.53. The van der Waals surface area contributed by atoms with E-state index in [4.69, 9.17) is 9.47 Å². The summed E-state index contributed by atoms with van der Waals surface area (Å²) in [6, 6.07) is 22.5. The molecule has 3 aromatic rings. The van der Waals surface area contributed by atoms with E-state index in [1.54, 1.807) is 12.1 Å². The van der Waals surface area contributed by atoms with Gasteiger partial charge in [-0.15, -0.1) is 0 Å². The lowest BCUT2D eigenvalue weighted by Gasteiger charge is -2.36. The van der Waals surface area contributed by atoms with Crippen molar-refractivity contribution in [2.24, 2.45) is 0 Å². The molecule has 28 heavy (non-hydrogen) atoms. The standard InChI is InChI=1S/C24H23NO3/c1-25-11-12-27-22-10-7-17(13-21(22)25)24-19-9-8-18(26)14-23(19)28-15-20(24)16-5-3-2-4-6-16/h2-10,13-14,20,24,26H,11-12,15H2,1H3/t20-,24+/m1/s1. The summed E-state index contributed by atoms with van der Waals surface area (Å²) in [5.74, 6) is 2.28. The van der Waals surface area contributed by atoms with Gasteiger partial charge < -0.3 is 19.5 Å². The molecule has 1 N–H and O–H groups in total. The molecule has 0 unspecified atom stereocenters. The lowest BCUT2D eigenvalue weighted by molar-refractivity contribution is 0.247. The highest BCUT2D eigenvalue weighted by atomic mass is 16.5. The maximum atomic E-state index is 9.92. The Morgan fingerprint density at radius 3 is 2.61 bits per heavy atom. The number of anilines is 1. The lowest BCUT2D eigenvalue weighted by atomic mass is 9.75. The molecule has 0 spiro atoms. The fraction of sp³-hybridized carbons (Fsp3) is 0.250. The summed E-state index contributed by atoms with van der Waals surface area (Å²) in [4.78, 5) is 2.25. The lowest BCUT2D eigenvalue weighted by Crippen LogP contribution is -2.29. The number of nitrogens with zero attached hydrogens (tertiary/aromatic N) is 1. The van der Waals surface area contributed by atoms with Crippen molar-refractivity contribution in [2.45, 2.75) is 11.8 Å². The van der Waals surface area contributed by atoms with Crippen molar-refractivity contribution < 1.29 is 14.6 Å². The molecule has 4 heteroatoms. The number of benzene rings is 3. The first kappa shape index (κ1) is 17.0. The van der Waals surface area contributed by atoms with Crippen LogP contribution in [-0.2, 0) is 0 Å². The number of hydrogen-bond acceptors (Lipinski definition) is 4. The molecule has 0 bridgehead atoms. The molecule has 142 valence electrons. The molecule has 5 rings (SSSR count). The number of fused-ring (bicyclic) bond motifs is 2. The fourth-order valence-electron chi connectivity index (χ4n) is 4.36. The summed E-state index contributed by atoms with van der Waals surface area (Å²) < 4.78 is 11.9. The zero-order valence-electron chi connectivity index (χ0n) is 15.8. The highest BCUT2D eigenvalue weighted by Crippen LogP contribution is 2.48. The molecule has 2 aliphatic heterocycles. The molecule has 0 fully saturated rings. The predicted octanol–water partition coefficient (Wildman–Crippen LogP) is 4.53. The quantitative estimate of drug-likeness (QED) is 0.717. The third-order valence-corrected chi connectivity index (χ3v) is 5.82. The normalized spacial score (nSPS) is 20.5. The second kappa shape index (κ2) is 6.79. The largest absolute Gasteiger partial charge is 0.508 e. The highest BCUT2D eigenvalue weighted by molar-refractivity contribution is 5.63. The summed E-state index contributed by atoms with van der Waals surface area (Å²) in [6.07, 6.45) is 0. The molecule has 0 radical (unpaired) electrons. The van der Waals surface area contributed by atoms with Crippen molar-refractivity contribution in [1.82, 2.24) is 0 Å². The van der Waals surface area contributed by atoms with Gasteiger partial charge in [0.15, 0.2) is 0 Å². The van der Waals surface area contributed by atoms with Gasteiger partial charge in [0.05, 0.1) is 18.8 Å². The average Bonchev–Trinajstić information content (AvgIpc) is 2.73. The van der Waals surface area contributed by atoms with E-state index < -0.39 is 0 Å². The van der Waals surface area contributed by atoms with Gasteiger partial charge in [0, 0.05) is 30.5 Å². The van der Waals surface area contributed by atoms with Crippen LogP contribution >= 0.6 is 0 Å². The van der Waals surface area contributed by atoms with Gasteiger partial charge in [-0.2, -0.15) is 0 Å². The Hall–Kier alpha value is -3.14. The molecule has 4 nitrogen and oxygen atoms in total. The highest BCUT2D eigenvalue weighted by Gasteiger charge is 2.34. The Morgan fingerprint density at radius 2 is 1.75 bits per heavy atom. The van der Waals surface area contributed by atoms with Crippen LogP contribution in [0.25, 0.3) is 0 Å². The molecular weight excluding hydrogens is 350 g/mol.